The zero-order chi connectivity index (χ0) is 21.6. The highest BCUT2D eigenvalue weighted by Gasteiger charge is 2.12. The van der Waals surface area contributed by atoms with Crippen LogP contribution < -0.4 is 0 Å². The van der Waals surface area contributed by atoms with Gasteiger partial charge < -0.3 is 4.57 Å². The van der Waals surface area contributed by atoms with Gasteiger partial charge in [0.25, 0.3) is 0 Å². The molecular formula is C29H33NO. The Morgan fingerprint density at radius 2 is 1.32 bits per heavy atom. The van der Waals surface area contributed by atoms with E-state index in [1.165, 1.54) is 71.5 Å². The average Bonchev–Trinajstić information content (AvgIpc) is 3.07. The summed E-state index contributed by atoms with van der Waals surface area (Å²) in [6, 6.07) is 24.2. The molecule has 4 aromatic rings. The molecule has 0 aliphatic carbocycles. The Morgan fingerprint density at radius 1 is 0.710 bits per heavy atom. The van der Waals surface area contributed by atoms with Gasteiger partial charge in [-0.25, -0.2) is 0 Å². The van der Waals surface area contributed by atoms with E-state index in [1.807, 2.05) is 0 Å². The molecule has 0 aliphatic rings. The normalized spacial score (nSPS) is 11.4. The molecule has 2 nitrogen and oxygen atoms in total. The summed E-state index contributed by atoms with van der Waals surface area (Å²) in [5, 5.41) is 2.48. The van der Waals surface area contributed by atoms with Crippen molar-refractivity contribution in [1.29, 1.82) is 0 Å². The van der Waals surface area contributed by atoms with Crippen LogP contribution in [0.1, 0.15) is 55.7 Å². The van der Waals surface area contributed by atoms with E-state index in [2.05, 4.69) is 78.2 Å². The van der Waals surface area contributed by atoms with Crippen LogP contribution in [0.2, 0.25) is 0 Å². The quantitative estimate of drug-likeness (QED) is 0.249. The van der Waals surface area contributed by atoms with Crippen LogP contribution in [-0.2, 0) is 24.2 Å². The van der Waals surface area contributed by atoms with Crippen LogP contribution >= 0.6 is 0 Å². The second-order valence-electron chi connectivity index (χ2n) is 8.91. The molecule has 0 amide bonds. The summed E-state index contributed by atoms with van der Waals surface area (Å²) < 4.78 is 2.18. The Kier molecular flexibility index (Phi) is 6.86. The van der Waals surface area contributed by atoms with Crippen LogP contribution in [-0.4, -0.2) is 10.4 Å². The molecule has 0 aliphatic heterocycles. The molecule has 2 heteroatoms. The number of ketones is 1. The summed E-state index contributed by atoms with van der Waals surface area (Å²) in [5.41, 5.74) is 6.51. The number of fused-ring (bicyclic) bond motifs is 3. The van der Waals surface area contributed by atoms with Gasteiger partial charge in [-0.1, -0.05) is 79.4 Å². The van der Waals surface area contributed by atoms with E-state index in [0.717, 1.165) is 11.9 Å². The van der Waals surface area contributed by atoms with Crippen molar-refractivity contribution in [2.75, 3.05) is 0 Å². The lowest BCUT2D eigenvalue weighted by atomic mass is 10.0. The second kappa shape index (κ2) is 9.96. The van der Waals surface area contributed by atoms with Gasteiger partial charge in [-0.3, -0.25) is 4.79 Å². The lowest BCUT2D eigenvalue weighted by molar-refractivity contribution is -0.117. The largest absolute Gasteiger partial charge is 0.333 e. The first-order valence-electron chi connectivity index (χ1n) is 11.7. The van der Waals surface area contributed by atoms with Crippen molar-refractivity contribution < 1.29 is 4.79 Å². The first-order valence-corrected chi connectivity index (χ1v) is 11.7. The number of para-hydroxylation sites is 1. The molecule has 0 bridgehead atoms. The molecule has 1 aromatic heterocycles. The van der Waals surface area contributed by atoms with Gasteiger partial charge in [0.2, 0.25) is 0 Å². The van der Waals surface area contributed by atoms with Crippen LogP contribution in [0.3, 0.4) is 0 Å². The smallest absolute Gasteiger partial charge is 0.149 e. The van der Waals surface area contributed by atoms with Crippen LogP contribution in [0.15, 0.2) is 66.7 Å². The van der Waals surface area contributed by atoms with Crippen LogP contribution in [0, 0.1) is 6.92 Å². The number of carbonyl (C=O) groups excluding carboxylic acids is 1. The number of hydrogen-bond donors (Lipinski definition) is 0. The number of hydrogen-bond acceptors (Lipinski definition) is 1. The maximum absolute atomic E-state index is 11.9. The van der Waals surface area contributed by atoms with E-state index in [9.17, 15) is 4.79 Å². The Bertz CT molecular complexity index is 1170. The number of Topliss-reactive ketones (excluding diaryl/α,β-unsaturated/α-hetero) is 1. The Labute approximate surface area is 185 Å². The Balaban J connectivity index is 1.32. The Hall–Kier alpha value is -2.87. The highest BCUT2D eigenvalue weighted by atomic mass is 16.1. The van der Waals surface area contributed by atoms with Gasteiger partial charge in [0.1, 0.15) is 5.78 Å². The van der Waals surface area contributed by atoms with Crippen molar-refractivity contribution in [2.45, 2.75) is 65.3 Å². The topological polar surface area (TPSA) is 22.0 Å². The molecule has 0 saturated heterocycles. The fraction of sp³-hybridized carbons (Fsp3) is 0.345. The Morgan fingerprint density at radius 3 is 2.06 bits per heavy atom. The second-order valence-corrected chi connectivity index (χ2v) is 8.91. The number of aromatic nitrogens is 1. The number of nitrogens with zero attached hydrogens (tertiary/aromatic N) is 1. The minimum absolute atomic E-state index is 0.193. The minimum atomic E-state index is 0.193. The van der Waals surface area contributed by atoms with Gasteiger partial charge in [-0.2, -0.15) is 0 Å². The van der Waals surface area contributed by atoms with Crippen molar-refractivity contribution in [1.82, 2.24) is 4.57 Å². The van der Waals surface area contributed by atoms with Crippen molar-refractivity contribution in [2.24, 2.45) is 0 Å². The molecule has 160 valence electrons. The summed E-state index contributed by atoms with van der Waals surface area (Å²) in [7, 11) is 0. The summed E-state index contributed by atoms with van der Waals surface area (Å²) in [4.78, 5) is 11.9. The van der Waals surface area contributed by atoms with Gasteiger partial charge in [0.05, 0.1) is 6.54 Å². The van der Waals surface area contributed by atoms with E-state index in [-0.39, 0.29) is 5.78 Å². The van der Waals surface area contributed by atoms with E-state index in [0.29, 0.717) is 6.54 Å². The molecule has 0 N–H and O–H groups in total. The molecule has 0 saturated carbocycles. The average molecular weight is 412 g/mol. The van der Waals surface area contributed by atoms with Gasteiger partial charge in [0, 0.05) is 21.8 Å². The standard InChI is InChI=1S/C29H33NO/c1-22-14-16-24(17-15-22)10-6-4-3-5-7-11-25-18-19-27-26-12-8-9-13-28(26)30(21-23(2)31)29(27)20-25/h8-9,12-20H,3-7,10-11,21H2,1-2H3. The molecule has 3 aromatic carbocycles. The summed E-state index contributed by atoms with van der Waals surface area (Å²) >= 11 is 0. The van der Waals surface area contributed by atoms with E-state index < -0.39 is 0 Å². The van der Waals surface area contributed by atoms with Crippen molar-refractivity contribution in [3.63, 3.8) is 0 Å². The summed E-state index contributed by atoms with van der Waals surface area (Å²) in [5.74, 6) is 0.193. The highest BCUT2D eigenvalue weighted by molar-refractivity contribution is 6.08. The molecule has 4 rings (SSSR count). The van der Waals surface area contributed by atoms with E-state index in [4.69, 9.17) is 0 Å². The number of carbonyl (C=O) groups is 1. The first kappa shape index (κ1) is 21.4. The molecule has 0 fully saturated rings. The fourth-order valence-corrected chi connectivity index (χ4v) is 4.59. The molecule has 1 heterocycles. The third kappa shape index (κ3) is 5.25. The van der Waals surface area contributed by atoms with Gasteiger partial charge in [-0.05, 0) is 62.8 Å². The number of rotatable bonds is 10. The highest BCUT2D eigenvalue weighted by Crippen LogP contribution is 2.30. The molecule has 0 spiro atoms. The fourth-order valence-electron chi connectivity index (χ4n) is 4.59. The van der Waals surface area contributed by atoms with E-state index >= 15 is 0 Å². The molecule has 0 radical (unpaired) electrons. The van der Waals surface area contributed by atoms with Gasteiger partial charge >= 0.3 is 0 Å². The van der Waals surface area contributed by atoms with E-state index in [1.54, 1.807) is 6.92 Å². The zero-order valence-corrected chi connectivity index (χ0v) is 18.9. The third-order valence-corrected chi connectivity index (χ3v) is 6.27. The molecular weight excluding hydrogens is 378 g/mol. The van der Waals surface area contributed by atoms with Gasteiger partial charge in [-0.15, -0.1) is 0 Å². The summed E-state index contributed by atoms with van der Waals surface area (Å²) in [6.07, 6.45) is 8.69. The first-order chi connectivity index (χ1) is 15.1. The zero-order valence-electron chi connectivity index (χ0n) is 18.9. The van der Waals surface area contributed by atoms with Crippen molar-refractivity contribution in [3.05, 3.63) is 83.4 Å². The maximum atomic E-state index is 11.9. The maximum Gasteiger partial charge on any atom is 0.149 e. The predicted octanol–water partition coefficient (Wildman–Crippen LogP) is 7.43. The molecule has 31 heavy (non-hydrogen) atoms. The van der Waals surface area contributed by atoms with Crippen LogP contribution in [0.5, 0.6) is 0 Å². The number of unbranched alkanes of at least 4 members (excludes halogenated alkanes) is 4. The monoisotopic (exact) mass is 411 g/mol. The SMILES string of the molecule is CC(=O)Cn1c2ccccc2c2ccc(CCCCCCCc3ccc(C)cc3)cc21. The van der Waals surface area contributed by atoms with Crippen molar-refractivity contribution in [3.8, 4) is 0 Å². The van der Waals surface area contributed by atoms with Crippen LogP contribution in [0.4, 0.5) is 0 Å². The molecule has 0 atom stereocenters. The third-order valence-electron chi connectivity index (χ3n) is 6.27. The number of aryl methyl sites for hydroxylation is 3. The number of benzene rings is 3. The van der Waals surface area contributed by atoms with Gasteiger partial charge in [0.15, 0.2) is 0 Å². The predicted molar refractivity (Wildman–Crippen MR) is 132 cm³/mol. The minimum Gasteiger partial charge on any atom is -0.333 e. The lowest BCUT2D eigenvalue weighted by Gasteiger charge is -2.07. The molecule has 0 unspecified atom stereocenters. The summed E-state index contributed by atoms with van der Waals surface area (Å²) in [6.45, 7) is 4.25. The van der Waals surface area contributed by atoms with Crippen LogP contribution in [0.25, 0.3) is 21.8 Å². The van der Waals surface area contributed by atoms with Crippen molar-refractivity contribution >= 4 is 27.6 Å². The lowest BCUT2D eigenvalue weighted by Crippen LogP contribution is -2.05.